The van der Waals surface area contributed by atoms with Crippen molar-refractivity contribution in [1.82, 2.24) is 0 Å². The summed E-state index contributed by atoms with van der Waals surface area (Å²) in [7, 11) is 0. The highest BCUT2D eigenvalue weighted by Crippen LogP contribution is 2.50. The molecule has 0 radical (unpaired) electrons. The van der Waals surface area contributed by atoms with E-state index in [1.807, 2.05) is 0 Å². The summed E-state index contributed by atoms with van der Waals surface area (Å²) in [6.07, 6.45) is -11.7. The van der Waals surface area contributed by atoms with E-state index in [1.54, 1.807) is 0 Å². The third-order valence-electron chi connectivity index (χ3n) is 2.40. The second-order valence-electron chi connectivity index (χ2n) is 3.67. The number of alkyl halides is 6. The Kier molecular flexibility index (Phi) is 3.75. The molecule has 0 fully saturated rings. The van der Waals surface area contributed by atoms with Gasteiger partial charge in [0.2, 0.25) is 0 Å². The molecule has 0 unspecified atom stereocenters. The molecular formula is C10H7BrF6O. The van der Waals surface area contributed by atoms with E-state index in [4.69, 9.17) is 5.11 Å². The second kappa shape index (κ2) is 4.41. The minimum absolute atomic E-state index is 0.315. The summed E-state index contributed by atoms with van der Waals surface area (Å²) in [5.41, 5.74) is -6.42. The molecule has 0 atom stereocenters. The average Bonchev–Trinajstić information content (AvgIpc) is 2.12. The first-order valence-electron chi connectivity index (χ1n) is 4.53. The fourth-order valence-electron chi connectivity index (χ4n) is 1.50. The van der Waals surface area contributed by atoms with E-state index in [2.05, 4.69) is 15.9 Å². The topological polar surface area (TPSA) is 20.2 Å². The normalized spacial score (nSPS) is 13.8. The summed E-state index contributed by atoms with van der Waals surface area (Å²) in [4.78, 5) is 0. The number of aryl methyl sites for hydroxylation is 1. The molecule has 0 aliphatic heterocycles. The molecule has 0 bridgehead atoms. The van der Waals surface area contributed by atoms with Crippen LogP contribution in [-0.4, -0.2) is 17.5 Å². The number of aliphatic hydroxyl groups is 1. The highest BCUT2D eigenvalue weighted by atomic mass is 79.9. The van der Waals surface area contributed by atoms with Crippen molar-refractivity contribution in [2.24, 2.45) is 0 Å². The zero-order chi connectivity index (χ0) is 14.4. The van der Waals surface area contributed by atoms with Crippen LogP contribution in [0.3, 0.4) is 0 Å². The maximum atomic E-state index is 12.6. The Labute approximate surface area is 107 Å². The van der Waals surface area contributed by atoms with Gasteiger partial charge in [0.05, 0.1) is 0 Å². The number of hydrogen-bond donors (Lipinski definition) is 1. The van der Waals surface area contributed by atoms with E-state index >= 15 is 0 Å². The monoisotopic (exact) mass is 336 g/mol. The number of halogens is 7. The van der Waals surface area contributed by atoms with Crippen molar-refractivity contribution in [3.8, 4) is 0 Å². The SMILES string of the molecule is Cc1cc(Br)ccc1C(O)(C(F)(F)F)C(F)(F)F. The first-order valence-corrected chi connectivity index (χ1v) is 5.33. The van der Waals surface area contributed by atoms with Gasteiger partial charge in [-0.3, -0.25) is 0 Å². The standard InChI is InChI=1S/C10H7BrF6O/c1-5-4-6(11)2-3-7(5)8(18,9(12,13)14)10(15,16)17/h2-4,18H,1H3. The molecular weight excluding hydrogens is 330 g/mol. The summed E-state index contributed by atoms with van der Waals surface area (Å²) in [5.74, 6) is 0. The van der Waals surface area contributed by atoms with Crippen LogP contribution in [0, 0.1) is 6.92 Å². The Morgan fingerprint density at radius 2 is 1.44 bits per heavy atom. The van der Waals surface area contributed by atoms with Crippen molar-refractivity contribution in [1.29, 1.82) is 0 Å². The Hall–Kier alpha value is -0.760. The van der Waals surface area contributed by atoms with Crippen molar-refractivity contribution in [2.45, 2.75) is 24.9 Å². The fourth-order valence-corrected chi connectivity index (χ4v) is 1.97. The number of hydrogen-bond acceptors (Lipinski definition) is 1. The molecule has 0 aliphatic rings. The predicted octanol–water partition coefficient (Wildman–Crippen LogP) is 4.07. The first-order chi connectivity index (χ1) is 7.91. The third-order valence-corrected chi connectivity index (χ3v) is 2.89. The fraction of sp³-hybridized carbons (Fsp3) is 0.400. The Bertz CT molecular complexity index is 437. The van der Waals surface area contributed by atoms with Gasteiger partial charge in [-0.2, -0.15) is 26.3 Å². The molecule has 0 aliphatic carbocycles. The van der Waals surface area contributed by atoms with E-state index in [0.29, 0.717) is 10.5 Å². The van der Waals surface area contributed by atoms with Gasteiger partial charge < -0.3 is 5.11 Å². The first kappa shape index (κ1) is 15.3. The molecule has 0 saturated heterocycles. The molecule has 0 heterocycles. The average molecular weight is 337 g/mol. The number of rotatable bonds is 1. The van der Waals surface area contributed by atoms with Crippen molar-refractivity contribution in [3.05, 3.63) is 33.8 Å². The predicted molar refractivity (Wildman–Crippen MR) is 54.9 cm³/mol. The van der Waals surface area contributed by atoms with E-state index in [9.17, 15) is 26.3 Å². The molecule has 0 spiro atoms. The van der Waals surface area contributed by atoms with Gasteiger partial charge in [-0.15, -0.1) is 0 Å². The van der Waals surface area contributed by atoms with Crippen molar-refractivity contribution >= 4 is 15.9 Å². The van der Waals surface area contributed by atoms with Crippen LogP contribution in [0.2, 0.25) is 0 Å². The highest BCUT2D eigenvalue weighted by Gasteiger charge is 2.71. The third kappa shape index (κ3) is 2.35. The summed E-state index contributed by atoms with van der Waals surface area (Å²) < 4.78 is 75.8. The molecule has 8 heteroatoms. The summed E-state index contributed by atoms with van der Waals surface area (Å²) in [5, 5.41) is 9.16. The molecule has 0 saturated carbocycles. The van der Waals surface area contributed by atoms with Crippen LogP contribution in [0.5, 0.6) is 0 Å². The van der Waals surface area contributed by atoms with Crippen LogP contribution in [0.4, 0.5) is 26.3 Å². The van der Waals surface area contributed by atoms with Gasteiger partial charge in [0.25, 0.3) is 5.60 Å². The lowest BCUT2D eigenvalue weighted by Crippen LogP contribution is -2.54. The minimum Gasteiger partial charge on any atom is -0.369 e. The van der Waals surface area contributed by atoms with Gasteiger partial charge in [-0.05, 0) is 24.6 Å². The van der Waals surface area contributed by atoms with E-state index in [-0.39, 0.29) is 5.56 Å². The van der Waals surface area contributed by atoms with Crippen LogP contribution < -0.4 is 0 Å². The van der Waals surface area contributed by atoms with E-state index < -0.39 is 23.5 Å². The molecule has 102 valence electrons. The molecule has 1 aromatic rings. The Morgan fingerprint density at radius 1 is 1.00 bits per heavy atom. The maximum Gasteiger partial charge on any atom is 0.430 e. The lowest BCUT2D eigenvalue weighted by molar-refractivity contribution is -0.376. The minimum atomic E-state index is -5.86. The second-order valence-corrected chi connectivity index (χ2v) is 4.58. The Morgan fingerprint density at radius 3 is 1.78 bits per heavy atom. The summed E-state index contributed by atoms with van der Waals surface area (Å²) in [6, 6.07) is 2.67. The van der Waals surface area contributed by atoms with Gasteiger partial charge in [0.1, 0.15) is 0 Å². The molecule has 1 N–H and O–H groups in total. The smallest absolute Gasteiger partial charge is 0.369 e. The van der Waals surface area contributed by atoms with Crippen LogP contribution in [0.1, 0.15) is 11.1 Å². The quantitative estimate of drug-likeness (QED) is 0.766. The zero-order valence-corrected chi connectivity index (χ0v) is 10.4. The summed E-state index contributed by atoms with van der Waals surface area (Å²) >= 11 is 2.92. The lowest BCUT2D eigenvalue weighted by atomic mass is 9.89. The maximum absolute atomic E-state index is 12.6. The van der Waals surface area contributed by atoms with E-state index in [0.717, 1.165) is 19.1 Å². The van der Waals surface area contributed by atoms with Gasteiger partial charge in [0, 0.05) is 10.0 Å². The molecule has 1 rings (SSSR count). The zero-order valence-electron chi connectivity index (χ0n) is 8.83. The molecule has 0 amide bonds. The van der Waals surface area contributed by atoms with Crippen LogP contribution in [0.15, 0.2) is 22.7 Å². The molecule has 0 aromatic heterocycles. The largest absolute Gasteiger partial charge is 0.430 e. The molecule has 18 heavy (non-hydrogen) atoms. The lowest BCUT2D eigenvalue weighted by Gasteiger charge is -2.33. The van der Waals surface area contributed by atoms with Crippen LogP contribution in [0.25, 0.3) is 0 Å². The van der Waals surface area contributed by atoms with Gasteiger partial charge in [0.15, 0.2) is 0 Å². The summed E-state index contributed by atoms with van der Waals surface area (Å²) in [6.45, 7) is 1.06. The van der Waals surface area contributed by atoms with Crippen LogP contribution in [-0.2, 0) is 5.60 Å². The number of benzene rings is 1. The Balaban J connectivity index is 3.56. The highest BCUT2D eigenvalue weighted by molar-refractivity contribution is 9.10. The van der Waals surface area contributed by atoms with Gasteiger partial charge in [-0.1, -0.05) is 22.0 Å². The van der Waals surface area contributed by atoms with Gasteiger partial charge in [-0.25, -0.2) is 0 Å². The van der Waals surface area contributed by atoms with Crippen molar-refractivity contribution in [2.75, 3.05) is 0 Å². The van der Waals surface area contributed by atoms with Crippen molar-refractivity contribution in [3.63, 3.8) is 0 Å². The molecule has 1 nitrogen and oxygen atoms in total. The van der Waals surface area contributed by atoms with Crippen molar-refractivity contribution < 1.29 is 31.4 Å². The van der Waals surface area contributed by atoms with Gasteiger partial charge >= 0.3 is 12.4 Å². The molecule has 1 aromatic carbocycles. The van der Waals surface area contributed by atoms with Crippen LogP contribution >= 0.6 is 15.9 Å². The van der Waals surface area contributed by atoms with E-state index in [1.165, 1.54) is 0 Å².